The Morgan fingerprint density at radius 3 is 2.38 bits per heavy atom. The third kappa shape index (κ3) is 6.40. The number of rotatable bonds is 9. The molecule has 1 heterocycles. The molecule has 34 heavy (non-hydrogen) atoms. The Morgan fingerprint density at radius 1 is 1.00 bits per heavy atom. The number of morpholine rings is 1. The summed E-state index contributed by atoms with van der Waals surface area (Å²) in [6.07, 6.45) is 0. The van der Waals surface area contributed by atoms with Crippen LogP contribution < -0.4 is 4.90 Å². The van der Waals surface area contributed by atoms with Gasteiger partial charge in [-0.05, 0) is 37.3 Å². The summed E-state index contributed by atoms with van der Waals surface area (Å²) in [5, 5.41) is 0. The zero-order valence-electron chi connectivity index (χ0n) is 18.7. The first-order valence-corrected chi connectivity index (χ1v) is 12.1. The fourth-order valence-corrected chi connectivity index (χ4v) is 4.73. The van der Waals surface area contributed by atoms with Gasteiger partial charge in [0.1, 0.15) is 6.54 Å². The van der Waals surface area contributed by atoms with Crippen molar-refractivity contribution < 1.29 is 37.0 Å². The van der Waals surface area contributed by atoms with Crippen molar-refractivity contribution in [2.24, 2.45) is 0 Å². The van der Waals surface area contributed by atoms with Gasteiger partial charge in [0.15, 0.2) is 6.61 Å². The number of hydrogen-bond donors (Lipinski definition) is 0. The molecule has 0 atom stereocenters. The molecule has 1 amide bonds. The Morgan fingerprint density at radius 2 is 1.71 bits per heavy atom. The number of benzene rings is 2. The monoisotopic (exact) mass is 490 g/mol. The van der Waals surface area contributed by atoms with Crippen LogP contribution >= 0.6 is 0 Å². The third-order valence-electron chi connectivity index (χ3n) is 4.97. The highest BCUT2D eigenvalue weighted by molar-refractivity contribution is 7.89. The van der Waals surface area contributed by atoms with E-state index in [0.717, 1.165) is 4.90 Å². The molecule has 0 spiro atoms. The molecule has 1 saturated heterocycles. The summed E-state index contributed by atoms with van der Waals surface area (Å²) in [7, 11) is -3.80. The summed E-state index contributed by atoms with van der Waals surface area (Å²) in [5.74, 6) is -2.10. The van der Waals surface area contributed by atoms with Crippen LogP contribution in [0.1, 0.15) is 17.3 Å². The molecule has 1 fully saturated rings. The van der Waals surface area contributed by atoms with Crippen LogP contribution in [0.3, 0.4) is 0 Å². The first-order chi connectivity index (χ1) is 16.3. The van der Waals surface area contributed by atoms with Crippen LogP contribution in [-0.4, -0.2) is 76.6 Å². The topological polar surface area (TPSA) is 120 Å². The standard InChI is InChI=1S/C23H26N2O8S/c1-2-32-22(27)16-25(19-8-4-3-5-9-19)21(26)17-33-23(28)18-7-6-10-20(15-18)34(29,30)24-11-13-31-14-12-24/h3-10,15H,2,11-14,16-17H2,1H3. The molecule has 0 aliphatic carbocycles. The molecular weight excluding hydrogens is 464 g/mol. The lowest BCUT2D eigenvalue weighted by Crippen LogP contribution is -2.40. The van der Waals surface area contributed by atoms with E-state index in [4.69, 9.17) is 14.2 Å². The van der Waals surface area contributed by atoms with Gasteiger partial charge < -0.3 is 14.2 Å². The molecule has 2 aromatic carbocycles. The van der Waals surface area contributed by atoms with Crippen molar-refractivity contribution in [2.45, 2.75) is 11.8 Å². The largest absolute Gasteiger partial charge is 0.465 e. The lowest BCUT2D eigenvalue weighted by Gasteiger charge is -2.26. The maximum absolute atomic E-state index is 12.8. The van der Waals surface area contributed by atoms with Gasteiger partial charge in [-0.3, -0.25) is 14.5 Å². The van der Waals surface area contributed by atoms with E-state index in [-0.39, 0.29) is 36.7 Å². The molecule has 0 N–H and O–H groups in total. The minimum absolute atomic E-state index is 0.0150. The first-order valence-electron chi connectivity index (χ1n) is 10.7. The van der Waals surface area contributed by atoms with E-state index < -0.39 is 34.5 Å². The van der Waals surface area contributed by atoms with Crippen LogP contribution in [0, 0.1) is 0 Å². The van der Waals surface area contributed by atoms with Gasteiger partial charge in [-0.2, -0.15) is 4.31 Å². The molecule has 10 nitrogen and oxygen atoms in total. The second kappa shape index (κ2) is 11.7. The molecule has 0 aromatic heterocycles. The lowest BCUT2D eigenvalue weighted by atomic mass is 10.2. The Bertz CT molecular complexity index is 1110. The van der Waals surface area contributed by atoms with E-state index in [1.165, 1.54) is 28.6 Å². The van der Waals surface area contributed by atoms with E-state index in [1.54, 1.807) is 37.3 Å². The first kappa shape index (κ1) is 25.3. The Hall–Kier alpha value is -3.28. The van der Waals surface area contributed by atoms with Crippen molar-refractivity contribution in [1.82, 2.24) is 4.31 Å². The number of para-hydroxylation sites is 1. The number of esters is 2. The minimum Gasteiger partial charge on any atom is -0.465 e. The molecule has 1 aliphatic heterocycles. The van der Waals surface area contributed by atoms with Crippen molar-refractivity contribution in [3.63, 3.8) is 0 Å². The number of carbonyl (C=O) groups excluding carboxylic acids is 3. The predicted molar refractivity (Wildman–Crippen MR) is 122 cm³/mol. The van der Waals surface area contributed by atoms with E-state index in [2.05, 4.69) is 0 Å². The van der Waals surface area contributed by atoms with E-state index in [0.29, 0.717) is 18.9 Å². The highest BCUT2D eigenvalue weighted by Gasteiger charge is 2.27. The van der Waals surface area contributed by atoms with E-state index in [1.807, 2.05) is 0 Å². The van der Waals surface area contributed by atoms with E-state index in [9.17, 15) is 22.8 Å². The molecular formula is C23H26N2O8S. The summed E-state index contributed by atoms with van der Waals surface area (Å²) >= 11 is 0. The molecule has 182 valence electrons. The van der Waals surface area contributed by atoms with Crippen molar-refractivity contribution in [2.75, 3.05) is 51.0 Å². The fourth-order valence-electron chi connectivity index (χ4n) is 3.28. The average Bonchev–Trinajstić information content (AvgIpc) is 2.87. The molecule has 2 aromatic rings. The number of hydrogen-bond acceptors (Lipinski definition) is 8. The van der Waals surface area contributed by atoms with Crippen LogP contribution in [0.5, 0.6) is 0 Å². The molecule has 0 saturated carbocycles. The predicted octanol–water partition coefficient (Wildman–Crippen LogP) is 1.46. The van der Waals surface area contributed by atoms with Gasteiger partial charge in [-0.15, -0.1) is 0 Å². The van der Waals surface area contributed by atoms with Crippen molar-refractivity contribution in [1.29, 1.82) is 0 Å². The SMILES string of the molecule is CCOC(=O)CN(C(=O)COC(=O)c1cccc(S(=O)(=O)N2CCOCC2)c1)c1ccccc1. The number of nitrogens with zero attached hydrogens (tertiary/aromatic N) is 2. The van der Waals surface area contributed by atoms with Crippen LogP contribution in [0.4, 0.5) is 5.69 Å². The van der Waals surface area contributed by atoms with Gasteiger partial charge in [0.2, 0.25) is 10.0 Å². The third-order valence-corrected chi connectivity index (χ3v) is 6.86. The fraction of sp³-hybridized carbons (Fsp3) is 0.348. The quantitative estimate of drug-likeness (QED) is 0.485. The lowest BCUT2D eigenvalue weighted by molar-refractivity contribution is -0.142. The second-order valence-corrected chi connectivity index (χ2v) is 9.18. The zero-order valence-corrected chi connectivity index (χ0v) is 19.5. The van der Waals surface area contributed by atoms with Crippen molar-refractivity contribution in [3.8, 4) is 0 Å². The normalized spacial score (nSPS) is 14.3. The van der Waals surface area contributed by atoms with Gasteiger partial charge in [-0.1, -0.05) is 24.3 Å². The molecule has 1 aliphatic rings. The van der Waals surface area contributed by atoms with Gasteiger partial charge in [0.05, 0.1) is 30.3 Å². The van der Waals surface area contributed by atoms with Gasteiger partial charge in [0, 0.05) is 18.8 Å². The highest BCUT2D eigenvalue weighted by Crippen LogP contribution is 2.19. The Kier molecular flexibility index (Phi) is 8.74. The summed E-state index contributed by atoms with van der Waals surface area (Å²) in [6, 6.07) is 13.9. The maximum Gasteiger partial charge on any atom is 0.338 e. The van der Waals surface area contributed by atoms with Crippen LogP contribution in [0.25, 0.3) is 0 Å². The number of anilines is 1. The Balaban J connectivity index is 1.69. The highest BCUT2D eigenvalue weighted by atomic mass is 32.2. The molecule has 11 heteroatoms. The van der Waals surface area contributed by atoms with Gasteiger partial charge >= 0.3 is 11.9 Å². The summed E-state index contributed by atoms with van der Waals surface area (Å²) < 4.78 is 42.2. The van der Waals surface area contributed by atoms with Crippen LogP contribution in [0.2, 0.25) is 0 Å². The summed E-state index contributed by atoms with van der Waals surface area (Å²) in [5.41, 5.74) is 0.425. The second-order valence-electron chi connectivity index (χ2n) is 7.24. The Labute approximate surface area is 198 Å². The smallest absolute Gasteiger partial charge is 0.338 e. The van der Waals surface area contributed by atoms with Gasteiger partial charge in [-0.25, -0.2) is 13.2 Å². The molecule has 0 bridgehead atoms. The van der Waals surface area contributed by atoms with Crippen molar-refractivity contribution in [3.05, 3.63) is 60.2 Å². The zero-order chi connectivity index (χ0) is 24.6. The van der Waals surface area contributed by atoms with Crippen molar-refractivity contribution >= 4 is 33.6 Å². The van der Waals surface area contributed by atoms with Gasteiger partial charge in [0.25, 0.3) is 5.91 Å². The molecule has 3 rings (SSSR count). The maximum atomic E-state index is 12.8. The average molecular weight is 491 g/mol. The van der Waals surface area contributed by atoms with E-state index >= 15 is 0 Å². The summed E-state index contributed by atoms with van der Waals surface area (Å²) in [6.45, 7) is 1.87. The minimum atomic E-state index is -3.80. The number of amides is 1. The summed E-state index contributed by atoms with van der Waals surface area (Å²) in [4.78, 5) is 38.4. The van der Waals surface area contributed by atoms with Crippen LogP contribution in [-0.2, 0) is 33.8 Å². The van der Waals surface area contributed by atoms with Crippen LogP contribution in [0.15, 0.2) is 59.5 Å². The number of ether oxygens (including phenoxy) is 3. The number of sulfonamides is 1. The number of carbonyl (C=O) groups is 3. The molecule has 0 radical (unpaired) electrons. The molecule has 0 unspecified atom stereocenters.